The van der Waals surface area contributed by atoms with Crippen molar-refractivity contribution in [1.82, 2.24) is 9.88 Å². The highest BCUT2D eigenvalue weighted by molar-refractivity contribution is 7.15. The summed E-state index contributed by atoms with van der Waals surface area (Å²) in [5.74, 6) is -0.847. The summed E-state index contributed by atoms with van der Waals surface area (Å²) in [6.07, 6.45) is 4.96. The molecule has 1 aliphatic carbocycles. The zero-order valence-electron chi connectivity index (χ0n) is 15.4. The minimum Gasteiger partial charge on any atom is -0.298 e. The quantitative estimate of drug-likeness (QED) is 0.814. The van der Waals surface area contributed by atoms with Gasteiger partial charge in [-0.15, -0.1) is 11.3 Å². The van der Waals surface area contributed by atoms with E-state index in [0.29, 0.717) is 21.8 Å². The number of anilines is 1. The Kier molecular flexibility index (Phi) is 4.55. The molecule has 2 aromatic rings. The number of aromatic nitrogens is 1. The lowest BCUT2D eigenvalue weighted by molar-refractivity contribution is 0.0549. The molecule has 3 amide bonds. The van der Waals surface area contributed by atoms with Crippen LogP contribution in [0.3, 0.4) is 0 Å². The molecule has 0 radical (unpaired) electrons. The Morgan fingerprint density at radius 3 is 2.48 bits per heavy atom. The van der Waals surface area contributed by atoms with E-state index in [1.165, 1.54) is 22.3 Å². The lowest BCUT2D eigenvalue weighted by Gasteiger charge is -2.29. The minimum absolute atomic E-state index is 0.0234. The smallest absolute Gasteiger partial charge is 0.261 e. The first-order valence-electron chi connectivity index (χ1n) is 9.23. The molecule has 0 unspecified atom stereocenters. The standard InChI is InChI=1S/C20H21N3O3S/c1-11-12(2)27-20(21-11)22-17(24)13-8-9-15-16(10-13)19(26)23(18(15)25)14-6-4-3-5-7-14/h8-10,14H,3-7H2,1-2H3,(H,21,22,24). The van der Waals surface area contributed by atoms with Crippen LogP contribution in [0.5, 0.6) is 0 Å². The number of nitrogens with zero attached hydrogens (tertiary/aromatic N) is 2. The van der Waals surface area contributed by atoms with E-state index < -0.39 is 0 Å². The van der Waals surface area contributed by atoms with E-state index in [1.807, 2.05) is 13.8 Å². The van der Waals surface area contributed by atoms with Crippen molar-refractivity contribution in [2.75, 3.05) is 5.32 Å². The molecule has 6 nitrogen and oxygen atoms in total. The van der Waals surface area contributed by atoms with Crippen molar-refractivity contribution in [3.8, 4) is 0 Å². The number of carbonyl (C=O) groups excluding carboxylic acids is 3. The zero-order chi connectivity index (χ0) is 19.1. The Bertz CT molecular complexity index is 924. The van der Waals surface area contributed by atoms with Crippen molar-refractivity contribution in [1.29, 1.82) is 0 Å². The molecule has 0 atom stereocenters. The average molecular weight is 383 g/mol. The zero-order valence-corrected chi connectivity index (χ0v) is 16.2. The number of benzene rings is 1. The Morgan fingerprint density at radius 1 is 1.11 bits per heavy atom. The van der Waals surface area contributed by atoms with E-state index in [4.69, 9.17) is 0 Å². The molecule has 2 heterocycles. The van der Waals surface area contributed by atoms with Gasteiger partial charge in [-0.3, -0.25) is 24.6 Å². The fraction of sp³-hybridized carbons (Fsp3) is 0.400. The minimum atomic E-state index is -0.331. The molecular formula is C20H21N3O3S. The first-order chi connectivity index (χ1) is 13.0. The summed E-state index contributed by atoms with van der Waals surface area (Å²) in [5, 5.41) is 3.30. The molecule has 140 valence electrons. The fourth-order valence-corrected chi connectivity index (χ4v) is 4.58. The van der Waals surface area contributed by atoms with Gasteiger partial charge in [0, 0.05) is 16.5 Å². The topological polar surface area (TPSA) is 79.4 Å². The summed E-state index contributed by atoms with van der Waals surface area (Å²) in [6, 6.07) is 4.69. The lowest BCUT2D eigenvalue weighted by atomic mass is 9.94. The van der Waals surface area contributed by atoms with Gasteiger partial charge in [0.15, 0.2) is 5.13 Å². The highest BCUT2D eigenvalue weighted by atomic mass is 32.1. The number of fused-ring (bicyclic) bond motifs is 1. The van der Waals surface area contributed by atoms with Gasteiger partial charge in [-0.1, -0.05) is 19.3 Å². The number of aryl methyl sites for hydroxylation is 2. The SMILES string of the molecule is Cc1nc(NC(=O)c2ccc3c(c2)C(=O)N(C2CCCCC2)C3=O)sc1C. The number of hydrogen-bond acceptors (Lipinski definition) is 5. The van der Waals surface area contributed by atoms with Gasteiger partial charge in [-0.25, -0.2) is 4.98 Å². The van der Waals surface area contributed by atoms with Crippen molar-refractivity contribution >= 4 is 34.2 Å². The van der Waals surface area contributed by atoms with Crippen molar-refractivity contribution in [3.63, 3.8) is 0 Å². The predicted molar refractivity (Wildman–Crippen MR) is 103 cm³/mol. The normalized spacial score (nSPS) is 17.3. The van der Waals surface area contributed by atoms with Crippen molar-refractivity contribution in [3.05, 3.63) is 45.5 Å². The van der Waals surface area contributed by atoms with Gasteiger partial charge >= 0.3 is 0 Å². The monoisotopic (exact) mass is 383 g/mol. The third-order valence-electron chi connectivity index (χ3n) is 5.37. The van der Waals surface area contributed by atoms with E-state index in [0.717, 1.165) is 42.7 Å². The molecule has 0 bridgehead atoms. The summed E-state index contributed by atoms with van der Waals surface area (Å²) < 4.78 is 0. The average Bonchev–Trinajstić information content (AvgIpc) is 3.11. The van der Waals surface area contributed by atoms with E-state index in [9.17, 15) is 14.4 Å². The van der Waals surface area contributed by atoms with Crippen LogP contribution in [0, 0.1) is 13.8 Å². The number of thiazole rings is 1. The van der Waals surface area contributed by atoms with Crippen LogP contribution in [0.15, 0.2) is 18.2 Å². The number of hydrogen-bond donors (Lipinski definition) is 1. The molecule has 1 aromatic heterocycles. The number of nitrogens with one attached hydrogen (secondary N) is 1. The number of rotatable bonds is 3. The van der Waals surface area contributed by atoms with Gasteiger partial charge in [0.1, 0.15) is 0 Å². The van der Waals surface area contributed by atoms with Crippen molar-refractivity contribution in [2.45, 2.75) is 52.0 Å². The van der Waals surface area contributed by atoms with Crippen LogP contribution in [-0.4, -0.2) is 33.6 Å². The highest BCUT2D eigenvalue weighted by Gasteiger charge is 2.40. The molecule has 1 aliphatic heterocycles. The van der Waals surface area contributed by atoms with E-state index >= 15 is 0 Å². The first kappa shape index (κ1) is 17.9. The molecular weight excluding hydrogens is 362 g/mol. The summed E-state index contributed by atoms with van der Waals surface area (Å²) >= 11 is 1.41. The second-order valence-electron chi connectivity index (χ2n) is 7.15. The lowest BCUT2D eigenvalue weighted by Crippen LogP contribution is -2.40. The van der Waals surface area contributed by atoms with Crippen LogP contribution in [0.1, 0.15) is 73.7 Å². The Balaban J connectivity index is 1.57. The van der Waals surface area contributed by atoms with Crippen LogP contribution in [0.25, 0.3) is 0 Å². The highest BCUT2D eigenvalue weighted by Crippen LogP contribution is 2.31. The molecule has 2 aliphatic rings. The number of amides is 3. The molecule has 1 fully saturated rings. The van der Waals surface area contributed by atoms with Crippen LogP contribution in [-0.2, 0) is 0 Å². The first-order valence-corrected chi connectivity index (χ1v) is 10.0. The summed E-state index contributed by atoms with van der Waals surface area (Å²) in [5.41, 5.74) is 1.95. The molecule has 1 aromatic carbocycles. The van der Waals surface area contributed by atoms with Gasteiger partial charge in [-0.2, -0.15) is 0 Å². The summed E-state index contributed by atoms with van der Waals surface area (Å²) in [6.45, 7) is 3.84. The van der Waals surface area contributed by atoms with E-state index in [2.05, 4.69) is 10.3 Å². The third kappa shape index (κ3) is 3.16. The number of imide groups is 1. The second-order valence-corrected chi connectivity index (χ2v) is 8.35. The van der Waals surface area contributed by atoms with Gasteiger partial charge in [0.05, 0.1) is 16.8 Å². The van der Waals surface area contributed by atoms with Gasteiger partial charge in [0.2, 0.25) is 0 Å². The van der Waals surface area contributed by atoms with Crippen LogP contribution in [0.2, 0.25) is 0 Å². The van der Waals surface area contributed by atoms with Crippen LogP contribution < -0.4 is 5.32 Å². The second kappa shape index (κ2) is 6.88. The molecule has 0 spiro atoms. The molecule has 4 rings (SSSR count). The van der Waals surface area contributed by atoms with Crippen molar-refractivity contribution in [2.24, 2.45) is 0 Å². The van der Waals surface area contributed by atoms with Gasteiger partial charge in [-0.05, 0) is 44.9 Å². The maximum Gasteiger partial charge on any atom is 0.261 e. The largest absolute Gasteiger partial charge is 0.298 e. The molecule has 7 heteroatoms. The molecule has 27 heavy (non-hydrogen) atoms. The third-order valence-corrected chi connectivity index (χ3v) is 6.36. The maximum absolute atomic E-state index is 12.9. The Morgan fingerprint density at radius 2 is 1.81 bits per heavy atom. The maximum atomic E-state index is 12.9. The summed E-state index contributed by atoms with van der Waals surface area (Å²) in [4.78, 5) is 44.9. The van der Waals surface area contributed by atoms with Gasteiger partial charge in [0.25, 0.3) is 17.7 Å². The summed E-state index contributed by atoms with van der Waals surface area (Å²) in [7, 11) is 0. The molecule has 1 N–H and O–H groups in total. The molecule has 0 saturated heterocycles. The van der Waals surface area contributed by atoms with E-state index in [-0.39, 0.29) is 23.8 Å². The molecule has 1 saturated carbocycles. The predicted octanol–water partition coefficient (Wildman–Crippen LogP) is 3.94. The number of carbonyl (C=O) groups is 3. The van der Waals surface area contributed by atoms with Gasteiger partial charge < -0.3 is 0 Å². The Hall–Kier alpha value is -2.54. The fourth-order valence-electron chi connectivity index (χ4n) is 3.77. The Labute approximate surface area is 161 Å². The van der Waals surface area contributed by atoms with Crippen molar-refractivity contribution < 1.29 is 14.4 Å². The van der Waals surface area contributed by atoms with E-state index in [1.54, 1.807) is 12.1 Å². The van der Waals surface area contributed by atoms with Crippen LogP contribution in [0.4, 0.5) is 5.13 Å². The van der Waals surface area contributed by atoms with Crippen LogP contribution >= 0.6 is 11.3 Å².